The molecule has 0 bridgehead atoms. The average Bonchev–Trinajstić information content (AvgIpc) is 2.72. The summed E-state index contributed by atoms with van der Waals surface area (Å²) in [6, 6.07) is 12.2. The first-order valence-electron chi connectivity index (χ1n) is 5.15. The predicted octanol–water partition coefficient (Wildman–Crippen LogP) is 3.68. The molecule has 0 saturated heterocycles. The second-order valence-corrected chi connectivity index (χ2v) is 4.76. The van der Waals surface area contributed by atoms with Crippen LogP contribution in [0.1, 0.15) is 0 Å². The van der Waals surface area contributed by atoms with Gasteiger partial charge >= 0.3 is 0 Å². The molecule has 3 rings (SSSR count). The van der Waals surface area contributed by atoms with Crippen molar-refractivity contribution in [3.05, 3.63) is 48.3 Å². The fourth-order valence-electron chi connectivity index (χ4n) is 1.69. The van der Waals surface area contributed by atoms with Gasteiger partial charge in [-0.3, -0.25) is 0 Å². The van der Waals surface area contributed by atoms with Gasteiger partial charge in [-0.25, -0.2) is 9.37 Å². The minimum Gasteiger partial charge on any atom is -0.399 e. The van der Waals surface area contributed by atoms with Crippen molar-refractivity contribution in [1.82, 2.24) is 4.98 Å². The third-order valence-electron chi connectivity index (χ3n) is 2.52. The molecule has 1 heterocycles. The minimum absolute atomic E-state index is 0.250. The fraction of sp³-hybridized carbons (Fsp3) is 0. The van der Waals surface area contributed by atoms with E-state index in [0.29, 0.717) is 16.3 Å². The molecule has 2 N–H and O–H groups in total. The normalized spacial score (nSPS) is 10.9. The Kier molecular flexibility index (Phi) is 2.30. The zero-order valence-corrected chi connectivity index (χ0v) is 9.67. The van der Waals surface area contributed by atoms with Gasteiger partial charge in [0.15, 0.2) is 0 Å². The van der Waals surface area contributed by atoms with Gasteiger partial charge < -0.3 is 5.73 Å². The molecule has 3 aromatic rings. The molecule has 0 aliphatic carbocycles. The van der Waals surface area contributed by atoms with Gasteiger partial charge in [0.05, 0.1) is 10.2 Å². The van der Waals surface area contributed by atoms with Gasteiger partial charge in [0, 0.05) is 11.3 Å². The van der Waals surface area contributed by atoms with E-state index in [9.17, 15) is 4.39 Å². The smallest absolute Gasteiger partial charge is 0.133 e. The number of anilines is 1. The standard InChI is InChI=1S/C13H9FN2S/c14-10-4-2-1-3-9(10)13-16-11-6-5-8(15)7-12(11)17-13/h1-7H,15H2. The molecule has 84 valence electrons. The van der Waals surface area contributed by atoms with Crippen LogP contribution in [0, 0.1) is 5.82 Å². The largest absolute Gasteiger partial charge is 0.399 e. The van der Waals surface area contributed by atoms with Crippen molar-refractivity contribution in [3.8, 4) is 10.6 Å². The Morgan fingerprint density at radius 1 is 1.12 bits per heavy atom. The number of thiazole rings is 1. The Morgan fingerprint density at radius 2 is 1.94 bits per heavy atom. The quantitative estimate of drug-likeness (QED) is 0.663. The highest BCUT2D eigenvalue weighted by Crippen LogP contribution is 2.32. The first-order chi connectivity index (χ1) is 8.24. The molecule has 0 aliphatic heterocycles. The summed E-state index contributed by atoms with van der Waals surface area (Å²) in [6.07, 6.45) is 0. The summed E-state index contributed by atoms with van der Waals surface area (Å²) >= 11 is 1.45. The van der Waals surface area contributed by atoms with Gasteiger partial charge in [-0.2, -0.15) is 0 Å². The SMILES string of the molecule is Nc1ccc2nc(-c3ccccc3F)sc2c1. The zero-order valence-electron chi connectivity index (χ0n) is 8.85. The number of hydrogen-bond donors (Lipinski definition) is 1. The van der Waals surface area contributed by atoms with Crippen LogP contribution in [0.5, 0.6) is 0 Å². The molecule has 0 atom stereocenters. The van der Waals surface area contributed by atoms with Gasteiger partial charge in [0.1, 0.15) is 10.8 Å². The number of halogens is 1. The van der Waals surface area contributed by atoms with Crippen molar-refractivity contribution in [2.24, 2.45) is 0 Å². The third kappa shape index (κ3) is 1.76. The summed E-state index contributed by atoms with van der Waals surface area (Å²) in [5.41, 5.74) is 7.79. The van der Waals surface area contributed by atoms with Gasteiger partial charge in [-0.1, -0.05) is 12.1 Å². The molecule has 0 amide bonds. The summed E-state index contributed by atoms with van der Waals surface area (Å²) in [4.78, 5) is 4.41. The molecule has 2 nitrogen and oxygen atoms in total. The van der Waals surface area contributed by atoms with Crippen LogP contribution in [0.15, 0.2) is 42.5 Å². The Balaban J connectivity index is 2.22. The van der Waals surface area contributed by atoms with Crippen molar-refractivity contribution in [2.45, 2.75) is 0 Å². The predicted molar refractivity (Wildman–Crippen MR) is 69.4 cm³/mol. The number of nitrogen functional groups attached to an aromatic ring is 1. The van der Waals surface area contributed by atoms with Crippen LogP contribution in [0.25, 0.3) is 20.8 Å². The van der Waals surface area contributed by atoms with Crippen LogP contribution in [0.3, 0.4) is 0 Å². The summed E-state index contributed by atoms with van der Waals surface area (Å²) < 4.78 is 14.6. The van der Waals surface area contributed by atoms with Crippen LogP contribution >= 0.6 is 11.3 Å². The highest BCUT2D eigenvalue weighted by molar-refractivity contribution is 7.21. The molecule has 0 fully saturated rings. The molecule has 17 heavy (non-hydrogen) atoms. The Labute approximate surface area is 102 Å². The van der Waals surface area contributed by atoms with Crippen molar-refractivity contribution in [3.63, 3.8) is 0 Å². The van der Waals surface area contributed by atoms with E-state index >= 15 is 0 Å². The summed E-state index contributed by atoms with van der Waals surface area (Å²) in [5.74, 6) is -0.250. The summed E-state index contributed by atoms with van der Waals surface area (Å²) in [6.45, 7) is 0. The van der Waals surface area contributed by atoms with Gasteiger partial charge in [0.25, 0.3) is 0 Å². The number of aromatic nitrogens is 1. The maximum Gasteiger partial charge on any atom is 0.133 e. The van der Waals surface area contributed by atoms with Crippen LogP contribution in [-0.4, -0.2) is 4.98 Å². The van der Waals surface area contributed by atoms with Crippen molar-refractivity contribution >= 4 is 27.2 Å². The maximum atomic E-state index is 13.6. The second kappa shape index (κ2) is 3.82. The molecular weight excluding hydrogens is 235 g/mol. The second-order valence-electron chi connectivity index (χ2n) is 3.73. The van der Waals surface area contributed by atoms with E-state index in [2.05, 4.69) is 4.98 Å². The van der Waals surface area contributed by atoms with E-state index in [0.717, 1.165) is 10.2 Å². The molecule has 4 heteroatoms. The van der Waals surface area contributed by atoms with E-state index in [1.807, 2.05) is 12.1 Å². The van der Waals surface area contributed by atoms with Crippen LogP contribution < -0.4 is 5.73 Å². The van der Waals surface area contributed by atoms with Crippen molar-refractivity contribution in [1.29, 1.82) is 0 Å². The number of fused-ring (bicyclic) bond motifs is 1. The van der Waals surface area contributed by atoms with Crippen LogP contribution in [0.4, 0.5) is 10.1 Å². The zero-order chi connectivity index (χ0) is 11.8. The Morgan fingerprint density at radius 3 is 2.76 bits per heavy atom. The third-order valence-corrected chi connectivity index (χ3v) is 3.57. The topological polar surface area (TPSA) is 38.9 Å². The van der Waals surface area contributed by atoms with E-state index in [-0.39, 0.29) is 5.82 Å². The van der Waals surface area contributed by atoms with Crippen LogP contribution in [0.2, 0.25) is 0 Å². The van der Waals surface area contributed by atoms with Crippen molar-refractivity contribution in [2.75, 3.05) is 5.73 Å². The van der Waals surface area contributed by atoms with E-state index in [1.54, 1.807) is 24.3 Å². The number of nitrogens with two attached hydrogens (primary N) is 1. The van der Waals surface area contributed by atoms with E-state index < -0.39 is 0 Å². The van der Waals surface area contributed by atoms with Gasteiger partial charge in [0.2, 0.25) is 0 Å². The van der Waals surface area contributed by atoms with E-state index in [1.165, 1.54) is 17.4 Å². The minimum atomic E-state index is -0.250. The van der Waals surface area contributed by atoms with Gasteiger partial charge in [-0.05, 0) is 30.3 Å². The highest BCUT2D eigenvalue weighted by Gasteiger charge is 2.09. The Bertz CT molecular complexity index is 691. The molecule has 2 aromatic carbocycles. The monoisotopic (exact) mass is 244 g/mol. The molecule has 1 aromatic heterocycles. The highest BCUT2D eigenvalue weighted by atomic mass is 32.1. The lowest BCUT2D eigenvalue weighted by Crippen LogP contribution is -1.82. The Hall–Kier alpha value is -1.94. The summed E-state index contributed by atoms with van der Waals surface area (Å²) in [5, 5.41) is 0.684. The molecule has 0 radical (unpaired) electrons. The summed E-state index contributed by atoms with van der Waals surface area (Å²) in [7, 11) is 0. The van der Waals surface area contributed by atoms with E-state index in [4.69, 9.17) is 5.73 Å². The number of benzene rings is 2. The fourth-order valence-corrected chi connectivity index (χ4v) is 2.73. The molecule has 0 unspecified atom stereocenters. The lowest BCUT2D eigenvalue weighted by Gasteiger charge is -1.96. The first kappa shape index (κ1) is 10.2. The maximum absolute atomic E-state index is 13.6. The molecule has 0 spiro atoms. The average molecular weight is 244 g/mol. The lowest BCUT2D eigenvalue weighted by molar-refractivity contribution is 0.631. The molecule has 0 saturated carbocycles. The number of nitrogens with zero attached hydrogens (tertiary/aromatic N) is 1. The first-order valence-corrected chi connectivity index (χ1v) is 5.96. The molecular formula is C13H9FN2S. The van der Waals surface area contributed by atoms with Gasteiger partial charge in [-0.15, -0.1) is 11.3 Å². The van der Waals surface area contributed by atoms with Crippen LogP contribution in [-0.2, 0) is 0 Å². The number of rotatable bonds is 1. The van der Waals surface area contributed by atoms with Crippen molar-refractivity contribution < 1.29 is 4.39 Å². The lowest BCUT2D eigenvalue weighted by atomic mass is 10.2. The molecule has 0 aliphatic rings. The number of hydrogen-bond acceptors (Lipinski definition) is 3.